The van der Waals surface area contributed by atoms with Crippen molar-refractivity contribution in [3.05, 3.63) is 91.4 Å². The fraction of sp³-hybridized carbons (Fsp3) is 0.0526. The van der Waals surface area contributed by atoms with Crippen LogP contribution in [0.25, 0.3) is 0 Å². The summed E-state index contributed by atoms with van der Waals surface area (Å²) in [6.07, 6.45) is 0. The maximum atomic E-state index is 13.0. The van der Waals surface area contributed by atoms with Gasteiger partial charge in [-0.2, -0.15) is 8.42 Å². The van der Waals surface area contributed by atoms with Crippen molar-refractivity contribution < 1.29 is 23.2 Å². The minimum Gasteiger partial charge on any atom is -0.506 e. The molecule has 3 N–H and O–H groups in total. The number of phenols is 2. The molecule has 0 aromatic heterocycles. The summed E-state index contributed by atoms with van der Waals surface area (Å²) in [7, 11) is -5.07. The quantitative estimate of drug-likeness (QED) is 0.311. The van der Waals surface area contributed by atoms with Crippen molar-refractivity contribution in [3.8, 4) is 11.5 Å². The van der Waals surface area contributed by atoms with Crippen LogP contribution in [0.5, 0.6) is 11.5 Å². The molecule has 10 heteroatoms. The Bertz CT molecular complexity index is 1210. The van der Waals surface area contributed by atoms with Crippen molar-refractivity contribution >= 4 is 56.5 Å². The smallest absolute Gasteiger partial charge is 0.283 e. The molecule has 0 bridgehead atoms. The Labute approximate surface area is 186 Å². The summed E-state index contributed by atoms with van der Waals surface area (Å²) < 4.78 is 34.1. The molecule has 3 rings (SSSR count). The van der Waals surface area contributed by atoms with Gasteiger partial charge in [0.1, 0.15) is 11.5 Å². The highest BCUT2D eigenvalue weighted by Gasteiger charge is 2.51. The molecular formula is C19H12Cl4O5S. The molecule has 1 unspecified atom stereocenters. The largest absolute Gasteiger partial charge is 0.506 e. The van der Waals surface area contributed by atoms with Gasteiger partial charge in [-0.1, -0.05) is 70.7 Å². The minimum atomic E-state index is -5.07. The Morgan fingerprint density at radius 1 is 0.759 bits per heavy atom. The normalized spacial score (nSPS) is 13.8. The van der Waals surface area contributed by atoms with Crippen molar-refractivity contribution in [1.82, 2.24) is 0 Å². The first-order valence-electron chi connectivity index (χ1n) is 7.89. The standard InChI is InChI=1S/C19H12Cl4O5S/c20-11-4-1-3-10(7-11)19(29(26,27)28,12-5-2-6-16(24)18(12)23)13-8-15(22)17(25)9-14(13)21/h1-9,24-25H,(H,26,27,28). The molecule has 0 aliphatic carbocycles. The van der Waals surface area contributed by atoms with Gasteiger partial charge < -0.3 is 10.2 Å². The van der Waals surface area contributed by atoms with Crippen LogP contribution in [0.1, 0.15) is 16.7 Å². The lowest BCUT2D eigenvalue weighted by Crippen LogP contribution is -2.39. The molecule has 0 amide bonds. The zero-order valence-electron chi connectivity index (χ0n) is 14.3. The van der Waals surface area contributed by atoms with E-state index in [1.54, 1.807) is 0 Å². The maximum absolute atomic E-state index is 13.0. The van der Waals surface area contributed by atoms with Gasteiger partial charge in [0.05, 0.1) is 10.0 Å². The van der Waals surface area contributed by atoms with Crippen LogP contribution in [0.4, 0.5) is 0 Å². The summed E-state index contributed by atoms with van der Waals surface area (Å²) in [4.78, 5) is 0. The van der Waals surface area contributed by atoms with Gasteiger partial charge in [0, 0.05) is 27.2 Å². The van der Waals surface area contributed by atoms with Crippen molar-refractivity contribution in [2.45, 2.75) is 4.75 Å². The zero-order chi connectivity index (χ0) is 21.6. The first-order valence-corrected chi connectivity index (χ1v) is 10.8. The van der Waals surface area contributed by atoms with E-state index in [9.17, 15) is 23.2 Å². The summed E-state index contributed by atoms with van der Waals surface area (Å²) in [6.45, 7) is 0. The number of halogens is 4. The van der Waals surface area contributed by atoms with Crippen LogP contribution in [0, 0.1) is 0 Å². The number of hydrogen-bond donors (Lipinski definition) is 3. The molecule has 3 aromatic carbocycles. The average Bonchev–Trinajstić information content (AvgIpc) is 2.62. The second kappa shape index (κ2) is 7.87. The second-order valence-electron chi connectivity index (χ2n) is 6.09. The fourth-order valence-corrected chi connectivity index (χ4v) is 5.54. The molecule has 0 saturated carbocycles. The molecule has 5 nitrogen and oxygen atoms in total. The van der Waals surface area contributed by atoms with E-state index in [1.165, 1.54) is 42.5 Å². The van der Waals surface area contributed by atoms with Gasteiger partial charge in [-0.25, -0.2) is 0 Å². The molecule has 0 spiro atoms. The van der Waals surface area contributed by atoms with E-state index in [0.29, 0.717) is 0 Å². The van der Waals surface area contributed by atoms with Gasteiger partial charge in [-0.15, -0.1) is 0 Å². The molecule has 0 aliphatic rings. The van der Waals surface area contributed by atoms with Crippen molar-refractivity contribution in [2.75, 3.05) is 0 Å². The predicted molar refractivity (Wildman–Crippen MR) is 114 cm³/mol. The van der Waals surface area contributed by atoms with Gasteiger partial charge in [-0.05, 0) is 29.8 Å². The second-order valence-corrected chi connectivity index (χ2v) is 9.28. The number of phenolic OH excluding ortho intramolecular Hbond substituents is 2. The molecule has 0 heterocycles. The third kappa shape index (κ3) is 3.65. The van der Waals surface area contributed by atoms with Crippen LogP contribution in [0.2, 0.25) is 20.1 Å². The summed E-state index contributed by atoms with van der Waals surface area (Å²) >= 11 is 24.7. The highest BCUT2D eigenvalue weighted by Crippen LogP contribution is 2.51. The lowest BCUT2D eigenvalue weighted by atomic mass is 9.83. The molecular weight excluding hydrogens is 482 g/mol. The Kier molecular flexibility index (Phi) is 5.98. The third-order valence-electron chi connectivity index (χ3n) is 4.39. The van der Waals surface area contributed by atoms with Crippen LogP contribution in [-0.2, 0) is 14.9 Å². The van der Waals surface area contributed by atoms with Crippen molar-refractivity contribution in [2.24, 2.45) is 0 Å². The zero-order valence-corrected chi connectivity index (χ0v) is 18.1. The van der Waals surface area contributed by atoms with Crippen molar-refractivity contribution in [3.63, 3.8) is 0 Å². The Morgan fingerprint density at radius 2 is 1.41 bits per heavy atom. The van der Waals surface area contributed by atoms with E-state index in [1.807, 2.05) is 0 Å². The van der Waals surface area contributed by atoms with E-state index >= 15 is 0 Å². The number of rotatable bonds is 4. The maximum Gasteiger partial charge on any atom is 0.283 e. The van der Waals surface area contributed by atoms with Gasteiger partial charge >= 0.3 is 0 Å². The lowest BCUT2D eigenvalue weighted by molar-refractivity contribution is 0.455. The predicted octanol–water partition coefficient (Wildman–Crippen LogP) is 5.89. The molecule has 152 valence electrons. The van der Waals surface area contributed by atoms with Crippen molar-refractivity contribution in [1.29, 1.82) is 0 Å². The highest BCUT2D eigenvalue weighted by atomic mass is 35.5. The summed E-state index contributed by atoms with van der Waals surface area (Å²) in [5, 5.41) is 19.4. The Morgan fingerprint density at radius 3 is 2.03 bits per heavy atom. The minimum absolute atomic E-state index is 0.0105. The SMILES string of the molecule is O=S(=O)(O)C(c1cccc(Cl)c1)(c1cc(Cl)c(O)cc1Cl)c1cccc(O)c1Cl. The highest BCUT2D eigenvalue weighted by molar-refractivity contribution is 7.87. The molecule has 0 radical (unpaired) electrons. The summed E-state index contributed by atoms with van der Waals surface area (Å²) in [6, 6.07) is 11.8. The van der Waals surface area contributed by atoms with Crippen LogP contribution in [0.15, 0.2) is 54.6 Å². The molecule has 0 aliphatic heterocycles. The van der Waals surface area contributed by atoms with Gasteiger partial charge in [0.2, 0.25) is 0 Å². The number of benzene rings is 3. The van der Waals surface area contributed by atoms with E-state index in [0.717, 1.165) is 12.1 Å². The van der Waals surface area contributed by atoms with E-state index < -0.39 is 26.4 Å². The van der Waals surface area contributed by atoms with Crippen LogP contribution in [-0.4, -0.2) is 23.2 Å². The third-order valence-corrected chi connectivity index (χ3v) is 7.09. The first-order chi connectivity index (χ1) is 13.5. The molecule has 1 atom stereocenters. The van der Waals surface area contributed by atoms with E-state index in [4.69, 9.17) is 46.4 Å². The molecule has 0 fully saturated rings. The fourth-order valence-electron chi connectivity index (χ4n) is 3.19. The average molecular weight is 494 g/mol. The molecule has 3 aromatic rings. The van der Waals surface area contributed by atoms with E-state index in [2.05, 4.69) is 0 Å². The van der Waals surface area contributed by atoms with Crippen LogP contribution < -0.4 is 0 Å². The van der Waals surface area contributed by atoms with Crippen LogP contribution >= 0.6 is 46.4 Å². The first kappa shape index (κ1) is 22.0. The monoisotopic (exact) mass is 492 g/mol. The van der Waals surface area contributed by atoms with Gasteiger partial charge in [0.25, 0.3) is 10.1 Å². The molecule has 0 saturated heterocycles. The van der Waals surface area contributed by atoms with E-state index in [-0.39, 0.29) is 36.8 Å². The molecule has 29 heavy (non-hydrogen) atoms. The Balaban J connectivity index is 2.63. The summed E-state index contributed by atoms with van der Waals surface area (Å²) in [5.41, 5.74) is -0.393. The lowest BCUT2D eigenvalue weighted by Gasteiger charge is -2.34. The number of aromatic hydroxyl groups is 2. The van der Waals surface area contributed by atoms with Gasteiger partial charge in [-0.3, -0.25) is 4.55 Å². The van der Waals surface area contributed by atoms with Crippen LogP contribution in [0.3, 0.4) is 0 Å². The van der Waals surface area contributed by atoms with Gasteiger partial charge in [0.15, 0.2) is 4.75 Å². The Hall–Kier alpha value is -1.67. The summed E-state index contributed by atoms with van der Waals surface area (Å²) in [5.74, 6) is -0.807. The number of hydrogen-bond acceptors (Lipinski definition) is 4. The topological polar surface area (TPSA) is 94.8 Å².